The molecule has 0 aromatic carbocycles. The zero-order valence-corrected chi connectivity index (χ0v) is 11.2. The smallest absolute Gasteiger partial charge is 0.378 e. The van der Waals surface area contributed by atoms with E-state index in [4.69, 9.17) is 20.4 Å². The van der Waals surface area contributed by atoms with Crippen LogP contribution in [0.5, 0.6) is 0 Å². The van der Waals surface area contributed by atoms with E-state index in [9.17, 15) is 29.7 Å². The molecule has 0 aromatic rings. The second-order valence-electron chi connectivity index (χ2n) is 4.30. The van der Waals surface area contributed by atoms with Crippen molar-refractivity contribution in [3.8, 4) is 0 Å². The fourth-order valence-electron chi connectivity index (χ4n) is 1.28. The van der Waals surface area contributed by atoms with Crippen LogP contribution in [0.25, 0.3) is 0 Å². The van der Waals surface area contributed by atoms with Crippen molar-refractivity contribution in [1.29, 1.82) is 0 Å². The lowest BCUT2D eigenvalue weighted by molar-refractivity contribution is -0.174. The molecule has 0 aliphatic heterocycles. The summed E-state index contributed by atoms with van der Waals surface area (Å²) in [5.74, 6) is -3.59. The molecule has 0 saturated carbocycles. The molecular formula is C11H18O11. The van der Waals surface area contributed by atoms with E-state index in [2.05, 4.69) is 4.74 Å². The number of carbonyl (C=O) groups is 3. The van der Waals surface area contributed by atoms with Crippen LogP contribution in [0.4, 0.5) is 0 Å². The molecule has 0 unspecified atom stereocenters. The lowest BCUT2D eigenvalue weighted by Crippen LogP contribution is -2.49. The van der Waals surface area contributed by atoms with Gasteiger partial charge >= 0.3 is 5.97 Å². The van der Waals surface area contributed by atoms with Crippen LogP contribution in [-0.2, 0) is 19.1 Å². The van der Waals surface area contributed by atoms with Gasteiger partial charge in [0.2, 0.25) is 0 Å². The number of aldehydes is 1. The normalized spacial score (nSPS) is 19.4. The third-order valence-electron chi connectivity index (χ3n) is 2.67. The SMILES string of the molecule is O=C[C@@H](OC(=O)C(=O)[C@H](O)[C@H](O)[C@@H](O)CO)[C@H](O)[C@H](O)CO. The highest BCUT2D eigenvalue weighted by molar-refractivity contribution is 6.35. The lowest BCUT2D eigenvalue weighted by Gasteiger charge is -2.23. The highest BCUT2D eigenvalue weighted by atomic mass is 16.6. The van der Waals surface area contributed by atoms with Crippen molar-refractivity contribution in [2.75, 3.05) is 13.2 Å². The van der Waals surface area contributed by atoms with Gasteiger partial charge in [-0.15, -0.1) is 0 Å². The summed E-state index contributed by atoms with van der Waals surface area (Å²) in [5, 5.41) is 63.2. The van der Waals surface area contributed by atoms with Gasteiger partial charge < -0.3 is 40.5 Å². The Kier molecular flexibility index (Phi) is 8.89. The first-order chi connectivity index (χ1) is 10.2. The zero-order valence-electron chi connectivity index (χ0n) is 11.2. The maximum atomic E-state index is 11.4. The number of carbonyl (C=O) groups excluding carboxylic acids is 3. The highest BCUT2D eigenvalue weighted by Crippen LogP contribution is 2.07. The van der Waals surface area contributed by atoms with Gasteiger partial charge in [-0.1, -0.05) is 0 Å². The van der Waals surface area contributed by atoms with E-state index in [1.807, 2.05) is 0 Å². The van der Waals surface area contributed by atoms with Crippen molar-refractivity contribution in [2.45, 2.75) is 36.6 Å². The first kappa shape index (κ1) is 20.5. The van der Waals surface area contributed by atoms with Crippen molar-refractivity contribution in [3.63, 3.8) is 0 Å². The molecule has 0 saturated heterocycles. The predicted octanol–water partition coefficient (Wildman–Crippen LogP) is -5.54. The van der Waals surface area contributed by atoms with Crippen molar-refractivity contribution in [3.05, 3.63) is 0 Å². The van der Waals surface area contributed by atoms with E-state index >= 15 is 0 Å². The van der Waals surface area contributed by atoms with Crippen molar-refractivity contribution in [1.82, 2.24) is 0 Å². The van der Waals surface area contributed by atoms with Gasteiger partial charge in [0.05, 0.1) is 13.2 Å². The number of ether oxygens (including phenoxy) is 1. The van der Waals surface area contributed by atoms with E-state index in [0.717, 1.165) is 0 Å². The van der Waals surface area contributed by atoms with Gasteiger partial charge in [-0.05, 0) is 0 Å². The lowest BCUT2D eigenvalue weighted by atomic mass is 10.0. The van der Waals surface area contributed by atoms with Gasteiger partial charge in [0, 0.05) is 0 Å². The topological polar surface area (TPSA) is 202 Å². The van der Waals surface area contributed by atoms with E-state index in [-0.39, 0.29) is 6.29 Å². The molecule has 0 aliphatic carbocycles. The molecule has 11 heteroatoms. The molecule has 0 aromatic heterocycles. The summed E-state index contributed by atoms with van der Waals surface area (Å²) in [4.78, 5) is 33.5. The minimum Gasteiger partial charge on any atom is -0.446 e. The van der Waals surface area contributed by atoms with Crippen LogP contribution >= 0.6 is 0 Å². The molecule has 6 atom stereocenters. The summed E-state index contributed by atoms with van der Waals surface area (Å²) >= 11 is 0. The molecular weight excluding hydrogens is 308 g/mol. The molecule has 0 aliphatic rings. The molecule has 0 rings (SSSR count). The Labute approximate surface area is 124 Å². The van der Waals surface area contributed by atoms with Crippen LogP contribution in [0.15, 0.2) is 0 Å². The van der Waals surface area contributed by atoms with E-state index in [1.54, 1.807) is 0 Å². The monoisotopic (exact) mass is 326 g/mol. The highest BCUT2D eigenvalue weighted by Gasteiger charge is 2.37. The molecule has 0 amide bonds. The minimum atomic E-state index is -2.44. The number of ketones is 1. The zero-order chi connectivity index (χ0) is 17.4. The first-order valence-electron chi connectivity index (χ1n) is 6.03. The van der Waals surface area contributed by atoms with Gasteiger partial charge in [-0.2, -0.15) is 0 Å². The molecule has 0 bridgehead atoms. The Bertz CT molecular complexity index is 384. The van der Waals surface area contributed by atoms with Crippen LogP contribution in [-0.4, -0.2) is 104 Å². The average molecular weight is 326 g/mol. The number of Topliss-reactive ketones (excluding diaryl/α,β-unsaturated/α-hetero) is 1. The third-order valence-corrected chi connectivity index (χ3v) is 2.67. The van der Waals surface area contributed by atoms with Crippen LogP contribution in [0.3, 0.4) is 0 Å². The predicted molar refractivity (Wildman–Crippen MR) is 65.2 cm³/mol. The van der Waals surface area contributed by atoms with E-state index < -0.39 is 61.6 Å². The summed E-state index contributed by atoms with van der Waals surface area (Å²) < 4.78 is 4.24. The fourth-order valence-corrected chi connectivity index (χ4v) is 1.28. The maximum absolute atomic E-state index is 11.4. The summed E-state index contributed by atoms with van der Waals surface area (Å²) in [6.07, 6.45) is -12.5. The molecule has 0 heterocycles. The summed E-state index contributed by atoms with van der Waals surface area (Å²) in [6.45, 7) is -1.96. The fraction of sp³-hybridized carbons (Fsp3) is 0.727. The van der Waals surface area contributed by atoms with Crippen molar-refractivity contribution in [2.24, 2.45) is 0 Å². The number of aliphatic hydroxyl groups excluding tert-OH is 7. The van der Waals surface area contributed by atoms with E-state index in [0.29, 0.717) is 0 Å². The third kappa shape index (κ3) is 5.38. The average Bonchev–Trinajstić information content (AvgIpc) is 2.54. The number of hydrogen-bond acceptors (Lipinski definition) is 11. The Morgan fingerprint density at radius 3 is 1.77 bits per heavy atom. The number of rotatable bonds is 10. The van der Waals surface area contributed by atoms with Crippen molar-refractivity contribution < 1.29 is 54.9 Å². The molecule has 128 valence electrons. The second kappa shape index (κ2) is 9.53. The number of aliphatic hydroxyl groups is 7. The largest absolute Gasteiger partial charge is 0.446 e. The van der Waals surface area contributed by atoms with Crippen LogP contribution < -0.4 is 0 Å². The van der Waals surface area contributed by atoms with Crippen molar-refractivity contribution >= 4 is 18.0 Å². The number of hydrogen-bond donors (Lipinski definition) is 7. The second-order valence-corrected chi connectivity index (χ2v) is 4.30. The first-order valence-corrected chi connectivity index (χ1v) is 6.03. The van der Waals surface area contributed by atoms with Gasteiger partial charge in [-0.25, -0.2) is 4.79 Å². The van der Waals surface area contributed by atoms with Crippen LogP contribution in [0.1, 0.15) is 0 Å². The van der Waals surface area contributed by atoms with E-state index in [1.165, 1.54) is 0 Å². The van der Waals surface area contributed by atoms with Crippen LogP contribution in [0.2, 0.25) is 0 Å². The minimum absolute atomic E-state index is 0.125. The Morgan fingerprint density at radius 1 is 0.909 bits per heavy atom. The van der Waals surface area contributed by atoms with Gasteiger partial charge in [-0.3, -0.25) is 9.59 Å². The molecule has 0 fully saturated rings. The standard InChI is InChI=1S/C11H18O11/c12-1-4(15)7(17)6(3-14)22-11(21)10(20)9(19)8(18)5(16)2-13/h3-9,12-13,15-19H,1-2H2/t4-,5+,6-,7-,8-,9-/m1/s1. The Hall–Kier alpha value is -1.47. The van der Waals surface area contributed by atoms with Gasteiger partial charge in [0.15, 0.2) is 18.5 Å². The molecule has 7 N–H and O–H groups in total. The molecule has 11 nitrogen and oxygen atoms in total. The maximum Gasteiger partial charge on any atom is 0.378 e. The van der Waals surface area contributed by atoms with Gasteiger partial charge in [0.1, 0.15) is 24.4 Å². The number of esters is 1. The molecule has 0 radical (unpaired) electrons. The quantitative estimate of drug-likeness (QED) is 0.115. The molecule has 0 spiro atoms. The summed E-state index contributed by atoms with van der Waals surface area (Å²) in [7, 11) is 0. The Morgan fingerprint density at radius 2 is 1.36 bits per heavy atom. The summed E-state index contributed by atoms with van der Waals surface area (Å²) in [6, 6.07) is 0. The molecule has 22 heavy (non-hydrogen) atoms. The summed E-state index contributed by atoms with van der Waals surface area (Å²) in [5.41, 5.74) is 0. The Balaban J connectivity index is 4.81. The van der Waals surface area contributed by atoms with Gasteiger partial charge in [0.25, 0.3) is 5.78 Å². The van der Waals surface area contributed by atoms with Crippen LogP contribution in [0, 0.1) is 0 Å².